The van der Waals surface area contributed by atoms with Gasteiger partial charge in [0.2, 0.25) is 5.89 Å². The normalized spacial score (nSPS) is 15.3. The summed E-state index contributed by atoms with van der Waals surface area (Å²) in [5.41, 5.74) is 2.22. The maximum absolute atomic E-state index is 13.6. The Morgan fingerprint density at radius 3 is 2.71 bits per heavy atom. The number of amides is 1. The molecule has 0 radical (unpaired) electrons. The minimum atomic E-state index is 0.0219. The molecule has 1 aliphatic heterocycles. The molecule has 0 saturated carbocycles. The summed E-state index contributed by atoms with van der Waals surface area (Å²) in [5.74, 6) is 1.55. The first-order chi connectivity index (χ1) is 15.0. The largest absolute Gasteiger partial charge is 0.339 e. The standard InChI is InChI=1S/C22H24N6O2S/c1-13(2)28-20-17(12-23-28)16(11-18(25-20)19-5-4-10-31-19)22(29)27-8-6-15(7-9-27)21-24-14(3)26-30-21/h4-5,10-13,15H,6-9H2,1-3H3. The molecule has 0 unspecified atom stereocenters. The molecule has 1 aliphatic rings. The summed E-state index contributed by atoms with van der Waals surface area (Å²) in [6, 6.07) is 6.09. The summed E-state index contributed by atoms with van der Waals surface area (Å²) in [5, 5.41) is 11.2. The average molecular weight is 437 g/mol. The summed E-state index contributed by atoms with van der Waals surface area (Å²) in [4.78, 5) is 25.7. The summed E-state index contributed by atoms with van der Waals surface area (Å²) >= 11 is 1.62. The van der Waals surface area contributed by atoms with Crippen LogP contribution in [-0.2, 0) is 0 Å². The molecular formula is C22H24N6O2S. The third kappa shape index (κ3) is 3.63. The van der Waals surface area contributed by atoms with Crippen LogP contribution in [0.3, 0.4) is 0 Å². The maximum atomic E-state index is 13.6. The number of fused-ring (bicyclic) bond motifs is 1. The van der Waals surface area contributed by atoms with E-state index in [0.717, 1.165) is 34.4 Å². The number of carbonyl (C=O) groups excluding carboxylic acids is 1. The van der Waals surface area contributed by atoms with Crippen LogP contribution < -0.4 is 0 Å². The van der Waals surface area contributed by atoms with Gasteiger partial charge < -0.3 is 9.42 Å². The fourth-order valence-electron chi connectivity index (χ4n) is 4.10. The molecule has 0 aromatic carbocycles. The average Bonchev–Trinajstić information content (AvgIpc) is 3.53. The third-order valence-electron chi connectivity index (χ3n) is 5.73. The van der Waals surface area contributed by atoms with Gasteiger partial charge in [0, 0.05) is 25.0 Å². The molecule has 0 atom stereocenters. The highest BCUT2D eigenvalue weighted by atomic mass is 32.1. The van der Waals surface area contributed by atoms with E-state index in [1.54, 1.807) is 17.5 Å². The quantitative estimate of drug-likeness (QED) is 0.469. The number of hydrogen-bond acceptors (Lipinski definition) is 7. The van der Waals surface area contributed by atoms with E-state index in [9.17, 15) is 4.79 Å². The molecule has 0 bridgehead atoms. The van der Waals surface area contributed by atoms with Crippen LogP contribution in [0.25, 0.3) is 21.6 Å². The Morgan fingerprint density at radius 1 is 1.26 bits per heavy atom. The van der Waals surface area contributed by atoms with E-state index in [1.807, 2.05) is 40.1 Å². The van der Waals surface area contributed by atoms with Gasteiger partial charge in [0.25, 0.3) is 5.91 Å². The van der Waals surface area contributed by atoms with Crippen LogP contribution in [-0.4, -0.2) is 48.8 Å². The molecule has 1 amide bonds. The van der Waals surface area contributed by atoms with Crippen LogP contribution in [0.5, 0.6) is 0 Å². The lowest BCUT2D eigenvalue weighted by molar-refractivity contribution is 0.0706. The van der Waals surface area contributed by atoms with Gasteiger partial charge in [-0.15, -0.1) is 11.3 Å². The van der Waals surface area contributed by atoms with Crippen molar-refractivity contribution < 1.29 is 9.32 Å². The second-order valence-corrected chi connectivity index (χ2v) is 9.15. The first-order valence-corrected chi connectivity index (χ1v) is 11.4. The van der Waals surface area contributed by atoms with Crippen molar-refractivity contribution in [3.8, 4) is 10.6 Å². The molecule has 5 heterocycles. The van der Waals surface area contributed by atoms with E-state index < -0.39 is 0 Å². The smallest absolute Gasteiger partial charge is 0.254 e. The Kier molecular flexibility index (Phi) is 5.05. The van der Waals surface area contributed by atoms with Crippen LogP contribution in [0.15, 0.2) is 34.3 Å². The Morgan fingerprint density at radius 2 is 2.06 bits per heavy atom. The Balaban J connectivity index is 1.47. The number of likely N-dealkylation sites (tertiary alicyclic amines) is 1. The minimum Gasteiger partial charge on any atom is -0.339 e. The SMILES string of the molecule is Cc1noc(C2CCN(C(=O)c3cc(-c4cccs4)nc4c3cnn4C(C)C)CC2)n1. The fraction of sp³-hybridized carbons (Fsp3) is 0.409. The first-order valence-electron chi connectivity index (χ1n) is 10.5. The van der Waals surface area contributed by atoms with Gasteiger partial charge in [-0.25, -0.2) is 9.67 Å². The van der Waals surface area contributed by atoms with Crippen molar-refractivity contribution in [1.82, 2.24) is 29.8 Å². The highest BCUT2D eigenvalue weighted by Crippen LogP contribution is 2.32. The van der Waals surface area contributed by atoms with Crippen LogP contribution in [0.4, 0.5) is 0 Å². The number of pyridine rings is 1. The lowest BCUT2D eigenvalue weighted by atomic mass is 9.96. The minimum absolute atomic E-state index is 0.0219. The third-order valence-corrected chi connectivity index (χ3v) is 6.63. The first kappa shape index (κ1) is 19.9. The predicted molar refractivity (Wildman–Crippen MR) is 118 cm³/mol. The lowest BCUT2D eigenvalue weighted by Gasteiger charge is -2.30. The van der Waals surface area contributed by atoms with Gasteiger partial charge in [-0.3, -0.25) is 4.79 Å². The molecule has 31 heavy (non-hydrogen) atoms. The van der Waals surface area contributed by atoms with Crippen LogP contribution in [0.2, 0.25) is 0 Å². The topological polar surface area (TPSA) is 89.9 Å². The molecule has 5 rings (SSSR count). The zero-order chi connectivity index (χ0) is 21.5. The molecule has 0 spiro atoms. The highest BCUT2D eigenvalue weighted by Gasteiger charge is 2.29. The second kappa shape index (κ2) is 7.88. The van der Waals surface area contributed by atoms with Crippen molar-refractivity contribution >= 4 is 28.3 Å². The van der Waals surface area contributed by atoms with Gasteiger partial charge in [-0.05, 0) is 51.1 Å². The lowest BCUT2D eigenvalue weighted by Crippen LogP contribution is -2.38. The number of rotatable bonds is 4. The molecule has 160 valence electrons. The van der Waals surface area contributed by atoms with Crippen LogP contribution >= 0.6 is 11.3 Å². The Bertz CT molecular complexity index is 1220. The van der Waals surface area contributed by atoms with Crippen molar-refractivity contribution in [1.29, 1.82) is 0 Å². The summed E-state index contributed by atoms with van der Waals surface area (Å²) < 4.78 is 7.22. The molecule has 9 heteroatoms. The van der Waals surface area contributed by atoms with E-state index in [1.165, 1.54) is 0 Å². The number of carbonyl (C=O) groups is 1. The van der Waals surface area contributed by atoms with Crippen LogP contribution in [0, 0.1) is 6.92 Å². The highest BCUT2D eigenvalue weighted by molar-refractivity contribution is 7.13. The number of hydrogen-bond donors (Lipinski definition) is 0. The van der Waals surface area contributed by atoms with Crippen molar-refractivity contribution in [2.45, 2.75) is 45.6 Å². The molecule has 0 N–H and O–H groups in total. The zero-order valence-electron chi connectivity index (χ0n) is 17.8. The number of aromatic nitrogens is 5. The molecule has 4 aromatic rings. The number of piperidine rings is 1. The van der Waals surface area contributed by atoms with Gasteiger partial charge in [0.1, 0.15) is 0 Å². The van der Waals surface area contributed by atoms with Gasteiger partial charge >= 0.3 is 0 Å². The molecule has 0 aliphatic carbocycles. The predicted octanol–water partition coefficient (Wildman–Crippen LogP) is 4.45. The van der Waals surface area contributed by atoms with Crippen molar-refractivity contribution in [3.63, 3.8) is 0 Å². The summed E-state index contributed by atoms with van der Waals surface area (Å²) in [7, 11) is 0. The van der Waals surface area contributed by atoms with Crippen molar-refractivity contribution in [3.05, 3.63) is 47.1 Å². The van der Waals surface area contributed by atoms with E-state index in [2.05, 4.69) is 29.1 Å². The van der Waals surface area contributed by atoms with E-state index in [-0.39, 0.29) is 17.9 Å². The Labute approximate surface area is 183 Å². The molecule has 1 fully saturated rings. The Hall–Kier alpha value is -3.07. The summed E-state index contributed by atoms with van der Waals surface area (Å²) in [6.07, 6.45) is 3.39. The van der Waals surface area contributed by atoms with Gasteiger partial charge in [-0.1, -0.05) is 11.2 Å². The van der Waals surface area contributed by atoms with E-state index in [0.29, 0.717) is 30.4 Å². The fourth-order valence-corrected chi connectivity index (χ4v) is 4.79. The van der Waals surface area contributed by atoms with Gasteiger partial charge in [0.15, 0.2) is 11.5 Å². The van der Waals surface area contributed by atoms with Crippen molar-refractivity contribution in [2.75, 3.05) is 13.1 Å². The van der Waals surface area contributed by atoms with Gasteiger partial charge in [0.05, 0.1) is 27.7 Å². The molecule has 8 nitrogen and oxygen atoms in total. The molecule has 4 aromatic heterocycles. The maximum Gasteiger partial charge on any atom is 0.254 e. The number of aryl methyl sites for hydroxylation is 1. The zero-order valence-corrected chi connectivity index (χ0v) is 18.6. The van der Waals surface area contributed by atoms with E-state index in [4.69, 9.17) is 9.51 Å². The van der Waals surface area contributed by atoms with Crippen LogP contribution in [0.1, 0.15) is 60.7 Å². The van der Waals surface area contributed by atoms with Crippen molar-refractivity contribution in [2.24, 2.45) is 0 Å². The number of thiophene rings is 1. The summed E-state index contributed by atoms with van der Waals surface area (Å²) in [6.45, 7) is 7.26. The molecular weight excluding hydrogens is 412 g/mol. The molecule has 1 saturated heterocycles. The second-order valence-electron chi connectivity index (χ2n) is 8.20. The van der Waals surface area contributed by atoms with E-state index >= 15 is 0 Å². The number of nitrogens with zero attached hydrogens (tertiary/aromatic N) is 6. The van der Waals surface area contributed by atoms with Gasteiger partial charge in [-0.2, -0.15) is 10.1 Å². The monoisotopic (exact) mass is 436 g/mol.